The molecule has 0 aliphatic heterocycles. The number of nitrogens with one attached hydrogen (secondary N) is 1. The van der Waals surface area contributed by atoms with E-state index in [0.717, 1.165) is 28.0 Å². The normalized spacial score (nSPS) is 10.9. The Morgan fingerprint density at radius 3 is 2.45 bits per heavy atom. The van der Waals surface area contributed by atoms with Crippen molar-refractivity contribution in [3.8, 4) is 11.4 Å². The van der Waals surface area contributed by atoms with Gasteiger partial charge in [0.05, 0.1) is 10.3 Å². The van der Waals surface area contributed by atoms with Crippen LogP contribution in [0.1, 0.15) is 5.56 Å². The van der Waals surface area contributed by atoms with Crippen molar-refractivity contribution in [2.45, 2.75) is 6.54 Å². The molecule has 0 fully saturated rings. The molecule has 0 unspecified atom stereocenters. The summed E-state index contributed by atoms with van der Waals surface area (Å²) >= 11 is 5.99. The lowest BCUT2D eigenvalue weighted by molar-refractivity contribution is -0.382. The highest BCUT2D eigenvalue weighted by Gasteiger charge is 2.18. The molecule has 33 heavy (non-hydrogen) atoms. The zero-order valence-electron chi connectivity index (χ0n) is 17.5. The van der Waals surface area contributed by atoms with E-state index in [1.54, 1.807) is 24.4 Å². The summed E-state index contributed by atoms with van der Waals surface area (Å²) in [5.74, 6) is 0.841. The van der Waals surface area contributed by atoms with Crippen LogP contribution in [0.25, 0.3) is 22.2 Å². The van der Waals surface area contributed by atoms with Gasteiger partial charge in [0.1, 0.15) is 11.5 Å². The minimum Gasteiger partial charge on any atom is -0.350 e. The molecule has 0 saturated carbocycles. The van der Waals surface area contributed by atoms with E-state index >= 15 is 0 Å². The Bertz CT molecular complexity index is 1440. The highest BCUT2D eigenvalue weighted by Crippen LogP contribution is 2.35. The highest BCUT2D eigenvalue weighted by molar-refractivity contribution is 6.30. The van der Waals surface area contributed by atoms with E-state index in [1.165, 1.54) is 0 Å². The van der Waals surface area contributed by atoms with Crippen molar-refractivity contribution in [2.24, 2.45) is 0 Å². The van der Waals surface area contributed by atoms with Gasteiger partial charge in [-0.25, -0.2) is 4.98 Å². The van der Waals surface area contributed by atoms with Crippen molar-refractivity contribution >= 4 is 39.4 Å². The SMILES string of the molecule is O=[N+]([O-])c1c(Nc2ccc(-c3nccn3Cc3ccc(Cl)cc3)cc2)ccc2ccccc12. The number of imidazole rings is 1. The minimum absolute atomic E-state index is 0.0654. The van der Waals surface area contributed by atoms with E-state index in [9.17, 15) is 10.1 Å². The molecule has 0 aliphatic carbocycles. The fraction of sp³-hybridized carbons (Fsp3) is 0.0385. The second-order valence-electron chi connectivity index (χ2n) is 7.65. The quantitative estimate of drug-likeness (QED) is 0.220. The Morgan fingerprint density at radius 2 is 1.70 bits per heavy atom. The minimum atomic E-state index is -0.341. The van der Waals surface area contributed by atoms with Crippen LogP contribution in [-0.2, 0) is 6.54 Å². The zero-order chi connectivity index (χ0) is 22.8. The zero-order valence-corrected chi connectivity index (χ0v) is 18.2. The van der Waals surface area contributed by atoms with E-state index < -0.39 is 0 Å². The van der Waals surface area contributed by atoms with Gasteiger partial charge in [-0.1, -0.05) is 48.0 Å². The lowest BCUT2D eigenvalue weighted by atomic mass is 10.1. The molecule has 162 valence electrons. The molecule has 0 saturated heterocycles. The molecule has 7 heteroatoms. The van der Waals surface area contributed by atoms with Gasteiger partial charge in [0.15, 0.2) is 0 Å². The molecule has 1 heterocycles. The summed E-state index contributed by atoms with van der Waals surface area (Å²) in [6.45, 7) is 0.676. The van der Waals surface area contributed by atoms with Gasteiger partial charge in [-0.3, -0.25) is 10.1 Å². The fourth-order valence-electron chi connectivity index (χ4n) is 3.89. The number of benzene rings is 4. The van der Waals surface area contributed by atoms with E-state index in [2.05, 4.69) is 14.9 Å². The highest BCUT2D eigenvalue weighted by atomic mass is 35.5. The molecule has 1 aromatic heterocycles. The summed E-state index contributed by atoms with van der Waals surface area (Å²) in [4.78, 5) is 16.0. The van der Waals surface area contributed by atoms with Gasteiger partial charge in [-0.05, 0) is 59.5 Å². The molecule has 1 N–H and O–H groups in total. The van der Waals surface area contributed by atoms with Crippen molar-refractivity contribution in [3.63, 3.8) is 0 Å². The molecular formula is C26H19ClN4O2. The summed E-state index contributed by atoms with van der Waals surface area (Å²) in [7, 11) is 0. The first-order chi connectivity index (χ1) is 16.1. The molecule has 0 aliphatic rings. The molecule has 4 aromatic carbocycles. The van der Waals surface area contributed by atoms with Gasteiger partial charge < -0.3 is 9.88 Å². The summed E-state index contributed by atoms with van der Waals surface area (Å²) in [6, 6.07) is 26.4. The molecular weight excluding hydrogens is 436 g/mol. The standard InChI is InChI=1S/C26H19ClN4O2/c27-21-10-5-18(6-11-21)17-30-16-15-28-26(30)20-7-12-22(13-8-20)29-24-14-9-19-3-1-2-4-23(19)25(24)31(32)33/h1-16,29H,17H2. The van der Waals surface area contributed by atoms with Gasteiger partial charge >= 0.3 is 0 Å². The van der Waals surface area contributed by atoms with Crippen molar-refractivity contribution in [1.29, 1.82) is 0 Å². The summed E-state index contributed by atoms with van der Waals surface area (Å²) < 4.78 is 2.07. The average molecular weight is 455 g/mol. The Morgan fingerprint density at radius 1 is 0.939 bits per heavy atom. The number of hydrogen-bond acceptors (Lipinski definition) is 4. The smallest absolute Gasteiger partial charge is 0.300 e. The third-order valence-corrected chi connectivity index (χ3v) is 5.74. The Hall–Kier alpha value is -4.16. The molecule has 0 atom stereocenters. The summed E-state index contributed by atoms with van der Waals surface area (Å²) in [5.41, 5.74) is 3.35. The second-order valence-corrected chi connectivity index (χ2v) is 8.08. The average Bonchev–Trinajstić information content (AvgIpc) is 3.29. The van der Waals surface area contributed by atoms with Crippen LogP contribution >= 0.6 is 11.6 Å². The number of fused-ring (bicyclic) bond motifs is 1. The van der Waals surface area contributed by atoms with Crippen LogP contribution in [0.4, 0.5) is 17.1 Å². The number of anilines is 2. The third kappa shape index (κ3) is 4.29. The van der Waals surface area contributed by atoms with Crippen LogP contribution in [0.3, 0.4) is 0 Å². The van der Waals surface area contributed by atoms with Gasteiger partial charge in [0.2, 0.25) is 0 Å². The number of nitrogens with zero attached hydrogens (tertiary/aromatic N) is 3. The van der Waals surface area contributed by atoms with Crippen molar-refractivity contribution in [3.05, 3.63) is 118 Å². The topological polar surface area (TPSA) is 73.0 Å². The first kappa shape index (κ1) is 20.7. The van der Waals surface area contributed by atoms with Crippen LogP contribution < -0.4 is 5.32 Å². The van der Waals surface area contributed by atoms with Crippen LogP contribution in [0.5, 0.6) is 0 Å². The maximum Gasteiger partial charge on any atom is 0.300 e. The predicted octanol–water partition coefficient (Wildman–Crippen LogP) is 7.06. The van der Waals surface area contributed by atoms with E-state index in [0.29, 0.717) is 22.6 Å². The third-order valence-electron chi connectivity index (χ3n) is 5.49. The van der Waals surface area contributed by atoms with Crippen LogP contribution in [0.2, 0.25) is 5.02 Å². The van der Waals surface area contributed by atoms with E-state index in [1.807, 2.05) is 72.9 Å². The van der Waals surface area contributed by atoms with E-state index in [-0.39, 0.29) is 10.6 Å². The number of rotatable bonds is 6. The molecule has 0 amide bonds. The van der Waals surface area contributed by atoms with Crippen molar-refractivity contribution in [1.82, 2.24) is 9.55 Å². The lowest BCUT2D eigenvalue weighted by Gasteiger charge is -2.11. The van der Waals surface area contributed by atoms with E-state index in [4.69, 9.17) is 11.6 Å². The van der Waals surface area contributed by atoms with Crippen molar-refractivity contribution in [2.75, 3.05) is 5.32 Å². The number of hydrogen-bond donors (Lipinski definition) is 1. The molecule has 6 nitrogen and oxygen atoms in total. The number of halogens is 1. The summed E-state index contributed by atoms with van der Waals surface area (Å²) in [5, 5.41) is 17.1. The van der Waals surface area contributed by atoms with Gasteiger partial charge in [-0.2, -0.15) is 0 Å². The van der Waals surface area contributed by atoms with Gasteiger partial charge in [-0.15, -0.1) is 0 Å². The molecule has 5 rings (SSSR count). The number of nitro groups is 1. The Labute approximate surface area is 195 Å². The molecule has 0 bridgehead atoms. The first-order valence-electron chi connectivity index (χ1n) is 10.4. The largest absolute Gasteiger partial charge is 0.350 e. The van der Waals surface area contributed by atoms with Crippen LogP contribution in [0.15, 0.2) is 97.3 Å². The van der Waals surface area contributed by atoms with Gasteiger partial charge in [0.25, 0.3) is 5.69 Å². The van der Waals surface area contributed by atoms with Crippen LogP contribution in [-0.4, -0.2) is 14.5 Å². The van der Waals surface area contributed by atoms with Gasteiger partial charge in [0, 0.05) is 35.2 Å². The maximum atomic E-state index is 11.8. The Balaban J connectivity index is 1.41. The monoisotopic (exact) mass is 454 g/mol. The fourth-order valence-corrected chi connectivity index (χ4v) is 4.02. The molecule has 0 spiro atoms. The molecule has 0 radical (unpaired) electrons. The lowest BCUT2D eigenvalue weighted by Crippen LogP contribution is -2.01. The molecule has 5 aromatic rings. The second kappa shape index (κ2) is 8.76. The van der Waals surface area contributed by atoms with Crippen LogP contribution in [0, 0.1) is 10.1 Å². The Kier molecular flexibility index (Phi) is 5.50. The summed E-state index contributed by atoms with van der Waals surface area (Å²) in [6.07, 6.45) is 3.71. The maximum absolute atomic E-state index is 11.8. The predicted molar refractivity (Wildman–Crippen MR) is 132 cm³/mol. The number of nitro benzene ring substituents is 1. The van der Waals surface area contributed by atoms with Crippen molar-refractivity contribution < 1.29 is 4.92 Å². The number of aromatic nitrogens is 2. The first-order valence-corrected chi connectivity index (χ1v) is 10.8.